The number of hydrogen-bond donors (Lipinski definition) is 2. The lowest BCUT2D eigenvalue weighted by atomic mass is 10.3. The molecule has 1 aromatic carbocycles. The SMILES string of the molecule is CNCC/C=C/C(=O)N1CCn2c(C(=O)Nc3ccccc3Cl)cnc2C1. The summed E-state index contributed by atoms with van der Waals surface area (Å²) in [5, 5.41) is 6.32. The monoisotopic (exact) mass is 387 g/mol. The number of fused-ring (bicyclic) bond motifs is 1. The Kier molecular flexibility index (Phi) is 6.26. The minimum atomic E-state index is -0.270. The van der Waals surface area contributed by atoms with Gasteiger partial charge < -0.3 is 20.1 Å². The fourth-order valence-corrected chi connectivity index (χ4v) is 3.08. The van der Waals surface area contributed by atoms with Crippen LogP contribution in [0, 0.1) is 0 Å². The van der Waals surface area contributed by atoms with E-state index in [2.05, 4.69) is 15.6 Å². The quantitative estimate of drug-likeness (QED) is 0.588. The van der Waals surface area contributed by atoms with E-state index in [1.807, 2.05) is 17.7 Å². The molecular formula is C19H22ClN5O2. The molecule has 1 aliphatic heterocycles. The first kappa shape index (κ1) is 19.1. The van der Waals surface area contributed by atoms with Gasteiger partial charge in [0.25, 0.3) is 5.91 Å². The lowest BCUT2D eigenvalue weighted by molar-refractivity contribution is -0.127. The van der Waals surface area contributed by atoms with Crippen LogP contribution in [0.3, 0.4) is 0 Å². The van der Waals surface area contributed by atoms with Crippen molar-refractivity contribution in [1.29, 1.82) is 0 Å². The van der Waals surface area contributed by atoms with E-state index in [0.717, 1.165) is 13.0 Å². The van der Waals surface area contributed by atoms with Gasteiger partial charge >= 0.3 is 0 Å². The van der Waals surface area contributed by atoms with Crippen molar-refractivity contribution >= 4 is 29.1 Å². The van der Waals surface area contributed by atoms with Gasteiger partial charge in [-0.05, 0) is 38.2 Å². The highest BCUT2D eigenvalue weighted by molar-refractivity contribution is 6.33. The van der Waals surface area contributed by atoms with Crippen molar-refractivity contribution in [3.05, 3.63) is 59.2 Å². The molecule has 3 rings (SSSR count). The van der Waals surface area contributed by atoms with E-state index < -0.39 is 0 Å². The maximum absolute atomic E-state index is 12.6. The van der Waals surface area contributed by atoms with Crippen LogP contribution in [0.4, 0.5) is 5.69 Å². The van der Waals surface area contributed by atoms with Crippen LogP contribution in [-0.2, 0) is 17.9 Å². The van der Waals surface area contributed by atoms with Crippen molar-refractivity contribution in [3.8, 4) is 0 Å². The number of hydrogen-bond acceptors (Lipinski definition) is 4. The lowest BCUT2D eigenvalue weighted by Gasteiger charge is -2.27. The number of aromatic nitrogens is 2. The summed E-state index contributed by atoms with van der Waals surface area (Å²) >= 11 is 6.10. The highest BCUT2D eigenvalue weighted by atomic mass is 35.5. The van der Waals surface area contributed by atoms with Crippen LogP contribution >= 0.6 is 11.6 Å². The Hall–Kier alpha value is -2.64. The minimum absolute atomic E-state index is 0.0394. The summed E-state index contributed by atoms with van der Waals surface area (Å²) in [6, 6.07) is 7.07. The molecule has 7 nitrogen and oxygen atoms in total. The Labute approximate surface area is 163 Å². The average Bonchev–Trinajstić information content (AvgIpc) is 3.10. The number of carbonyl (C=O) groups is 2. The normalized spacial score (nSPS) is 13.6. The molecule has 0 unspecified atom stereocenters. The van der Waals surface area contributed by atoms with Crippen LogP contribution in [0.5, 0.6) is 0 Å². The van der Waals surface area contributed by atoms with E-state index in [4.69, 9.17) is 11.6 Å². The molecule has 0 bridgehead atoms. The number of halogens is 1. The number of benzene rings is 1. The smallest absolute Gasteiger partial charge is 0.273 e. The van der Waals surface area contributed by atoms with Crippen LogP contribution in [-0.4, -0.2) is 46.4 Å². The number of anilines is 1. The van der Waals surface area contributed by atoms with Crippen LogP contribution in [0.1, 0.15) is 22.7 Å². The lowest BCUT2D eigenvalue weighted by Crippen LogP contribution is -2.38. The molecule has 1 aliphatic rings. The van der Waals surface area contributed by atoms with E-state index in [9.17, 15) is 9.59 Å². The van der Waals surface area contributed by atoms with Gasteiger partial charge in [-0.1, -0.05) is 29.8 Å². The molecule has 27 heavy (non-hydrogen) atoms. The molecule has 1 aromatic heterocycles. The summed E-state index contributed by atoms with van der Waals surface area (Å²) < 4.78 is 1.85. The summed E-state index contributed by atoms with van der Waals surface area (Å²) in [6.07, 6.45) is 5.80. The van der Waals surface area contributed by atoms with Gasteiger partial charge in [0, 0.05) is 13.1 Å². The van der Waals surface area contributed by atoms with Gasteiger partial charge in [-0.2, -0.15) is 0 Å². The van der Waals surface area contributed by atoms with Crippen LogP contribution in [0.25, 0.3) is 0 Å². The van der Waals surface area contributed by atoms with E-state index in [0.29, 0.717) is 41.9 Å². The van der Waals surface area contributed by atoms with E-state index in [1.54, 1.807) is 35.2 Å². The van der Waals surface area contributed by atoms with Gasteiger partial charge in [-0.3, -0.25) is 9.59 Å². The largest absolute Gasteiger partial charge is 0.330 e. The van der Waals surface area contributed by atoms with Gasteiger partial charge in [-0.15, -0.1) is 0 Å². The molecule has 0 saturated carbocycles. The fourth-order valence-electron chi connectivity index (χ4n) is 2.90. The molecule has 0 spiro atoms. The molecule has 0 aliphatic carbocycles. The van der Waals surface area contributed by atoms with Crippen molar-refractivity contribution in [2.24, 2.45) is 0 Å². The Morgan fingerprint density at radius 3 is 2.89 bits per heavy atom. The van der Waals surface area contributed by atoms with Gasteiger partial charge in [-0.25, -0.2) is 4.98 Å². The van der Waals surface area contributed by atoms with Crippen LogP contribution < -0.4 is 10.6 Å². The van der Waals surface area contributed by atoms with Crippen molar-refractivity contribution < 1.29 is 9.59 Å². The van der Waals surface area contributed by atoms with Crippen LogP contribution in [0.2, 0.25) is 5.02 Å². The van der Waals surface area contributed by atoms with Crippen LogP contribution in [0.15, 0.2) is 42.6 Å². The summed E-state index contributed by atoms with van der Waals surface area (Å²) in [6.45, 7) is 2.27. The van der Waals surface area contributed by atoms with Crippen molar-refractivity contribution in [2.75, 3.05) is 25.5 Å². The zero-order valence-corrected chi connectivity index (χ0v) is 15.9. The second-order valence-corrected chi connectivity index (χ2v) is 6.61. The Morgan fingerprint density at radius 1 is 1.30 bits per heavy atom. The minimum Gasteiger partial charge on any atom is -0.330 e. The van der Waals surface area contributed by atoms with Crippen molar-refractivity contribution in [2.45, 2.75) is 19.5 Å². The number of nitrogens with one attached hydrogen (secondary N) is 2. The Morgan fingerprint density at radius 2 is 2.11 bits per heavy atom. The molecule has 142 valence electrons. The first-order valence-corrected chi connectivity index (χ1v) is 9.18. The van der Waals surface area contributed by atoms with Crippen molar-refractivity contribution in [1.82, 2.24) is 19.8 Å². The molecule has 8 heteroatoms. The Balaban J connectivity index is 1.66. The second kappa shape index (κ2) is 8.83. The third kappa shape index (κ3) is 4.56. The summed E-state index contributed by atoms with van der Waals surface area (Å²) in [4.78, 5) is 30.9. The number of amides is 2. The third-order valence-corrected chi connectivity index (χ3v) is 4.68. The molecule has 0 radical (unpaired) electrons. The number of imidazole rings is 1. The average molecular weight is 388 g/mol. The maximum Gasteiger partial charge on any atom is 0.273 e. The number of nitrogens with zero attached hydrogens (tertiary/aromatic N) is 3. The molecule has 2 amide bonds. The topological polar surface area (TPSA) is 79.3 Å². The van der Waals surface area contributed by atoms with Gasteiger partial charge in [0.15, 0.2) is 0 Å². The van der Waals surface area contributed by atoms with Gasteiger partial charge in [0.1, 0.15) is 11.5 Å². The molecule has 2 heterocycles. The summed E-state index contributed by atoms with van der Waals surface area (Å²) in [7, 11) is 1.87. The van der Waals surface area contributed by atoms with Gasteiger partial charge in [0.05, 0.1) is 23.5 Å². The molecule has 2 N–H and O–H groups in total. The first-order chi connectivity index (χ1) is 13.1. The van der Waals surface area contributed by atoms with E-state index in [-0.39, 0.29) is 11.8 Å². The highest BCUT2D eigenvalue weighted by Gasteiger charge is 2.24. The maximum atomic E-state index is 12.6. The van der Waals surface area contributed by atoms with E-state index in [1.165, 1.54) is 6.20 Å². The third-order valence-electron chi connectivity index (χ3n) is 4.35. The predicted molar refractivity (Wildman–Crippen MR) is 105 cm³/mol. The van der Waals surface area contributed by atoms with Gasteiger partial charge in [0.2, 0.25) is 5.91 Å². The summed E-state index contributed by atoms with van der Waals surface area (Å²) in [5.41, 5.74) is 1.01. The highest BCUT2D eigenvalue weighted by Crippen LogP contribution is 2.22. The molecular weight excluding hydrogens is 366 g/mol. The molecule has 0 fully saturated rings. The molecule has 0 atom stereocenters. The number of para-hydroxylation sites is 1. The fraction of sp³-hybridized carbons (Fsp3) is 0.316. The van der Waals surface area contributed by atoms with Crippen molar-refractivity contribution in [3.63, 3.8) is 0 Å². The first-order valence-electron chi connectivity index (χ1n) is 8.80. The standard InChI is InChI=1S/C19H22ClN5O2/c1-21-9-5-4-8-18(26)24-10-11-25-16(12-22-17(25)13-24)19(27)23-15-7-3-2-6-14(15)20/h2-4,6-8,12,21H,5,9-11,13H2,1H3,(H,23,27)/b8-4+. The second-order valence-electron chi connectivity index (χ2n) is 6.20. The zero-order valence-electron chi connectivity index (χ0n) is 15.1. The zero-order chi connectivity index (χ0) is 19.2. The Bertz CT molecular complexity index is 862. The number of carbonyl (C=O) groups excluding carboxylic acids is 2. The predicted octanol–water partition coefficient (Wildman–Crippen LogP) is 2.30. The van der Waals surface area contributed by atoms with E-state index >= 15 is 0 Å². The molecule has 0 saturated heterocycles. The number of rotatable bonds is 6. The molecule has 2 aromatic rings. The summed E-state index contributed by atoms with van der Waals surface area (Å²) in [5.74, 6) is 0.388.